The minimum atomic E-state index is -0.778. The van der Waals surface area contributed by atoms with E-state index in [-0.39, 0.29) is 5.57 Å². The Bertz CT molecular complexity index is 1370. The number of hydrogen-bond acceptors (Lipinski definition) is 4. The van der Waals surface area contributed by atoms with E-state index < -0.39 is 17.8 Å². The van der Waals surface area contributed by atoms with E-state index in [1.165, 1.54) is 6.08 Å². The van der Waals surface area contributed by atoms with Crippen LogP contribution in [0, 0.1) is 14.1 Å². The molecule has 6 nitrogen and oxygen atoms in total. The van der Waals surface area contributed by atoms with Gasteiger partial charge in [0.05, 0.1) is 12.8 Å². The van der Waals surface area contributed by atoms with Gasteiger partial charge in [-0.3, -0.25) is 14.9 Å². The number of aryl methyl sites for hydroxylation is 1. The highest BCUT2D eigenvalue weighted by molar-refractivity contribution is 14.1. The highest BCUT2D eigenvalue weighted by Crippen LogP contribution is 2.32. The number of hydrogen-bond donors (Lipinski definition) is 1. The fourth-order valence-electron chi connectivity index (χ4n) is 3.36. The standard InChI is InChI=1S/C25H16Br2I2N2O4/c1-13-8-17(6-7-19(13)27)31-24(33)18(23(32)30-25(31)34)9-15-10-20(28)22(21(29)11-15)35-12-14-2-4-16(26)5-3-14/h2-11H,12H2,1H3,(H,30,32,34)/b18-9+. The quantitative estimate of drug-likeness (QED) is 0.172. The van der Waals surface area contributed by atoms with Gasteiger partial charge in [0.15, 0.2) is 0 Å². The van der Waals surface area contributed by atoms with Gasteiger partial charge in [-0.2, -0.15) is 0 Å². The van der Waals surface area contributed by atoms with Crippen molar-refractivity contribution in [3.8, 4) is 5.75 Å². The van der Waals surface area contributed by atoms with Gasteiger partial charge in [-0.15, -0.1) is 0 Å². The van der Waals surface area contributed by atoms with Crippen LogP contribution in [0.25, 0.3) is 6.08 Å². The minimum Gasteiger partial charge on any atom is -0.487 e. The van der Waals surface area contributed by atoms with Gasteiger partial charge in [0, 0.05) is 8.95 Å². The van der Waals surface area contributed by atoms with E-state index in [1.807, 2.05) is 43.3 Å². The maximum atomic E-state index is 13.2. The summed E-state index contributed by atoms with van der Waals surface area (Å²) in [5.74, 6) is -0.690. The number of amides is 4. The average Bonchev–Trinajstić information content (AvgIpc) is 2.79. The summed E-state index contributed by atoms with van der Waals surface area (Å²) < 4.78 is 9.55. The van der Waals surface area contributed by atoms with E-state index in [1.54, 1.807) is 18.2 Å². The normalized spacial score (nSPS) is 14.9. The van der Waals surface area contributed by atoms with E-state index >= 15 is 0 Å². The Morgan fingerprint density at radius 3 is 2.26 bits per heavy atom. The van der Waals surface area contributed by atoms with Crippen molar-refractivity contribution in [3.63, 3.8) is 0 Å². The summed E-state index contributed by atoms with van der Waals surface area (Å²) in [6.45, 7) is 2.26. The molecule has 178 valence electrons. The maximum Gasteiger partial charge on any atom is 0.335 e. The van der Waals surface area contributed by atoms with Crippen LogP contribution < -0.4 is 15.0 Å². The van der Waals surface area contributed by atoms with Crippen molar-refractivity contribution >= 4 is 107 Å². The van der Waals surface area contributed by atoms with Gasteiger partial charge in [-0.1, -0.05) is 44.0 Å². The van der Waals surface area contributed by atoms with Crippen molar-refractivity contribution in [2.45, 2.75) is 13.5 Å². The fourth-order valence-corrected chi connectivity index (χ4v) is 6.00. The van der Waals surface area contributed by atoms with Crippen LogP contribution in [-0.2, 0) is 16.2 Å². The van der Waals surface area contributed by atoms with Crippen molar-refractivity contribution in [2.75, 3.05) is 4.90 Å². The molecule has 4 rings (SSSR count). The lowest BCUT2D eigenvalue weighted by molar-refractivity contribution is -0.122. The molecular formula is C25H16Br2I2N2O4. The lowest BCUT2D eigenvalue weighted by Gasteiger charge is -2.26. The molecular weight excluding hydrogens is 806 g/mol. The van der Waals surface area contributed by atoms with Crippen molar-refractivity contribution in [3.05, 3.63) is 92.9 Å². The first-order valence-electron chi connectivity index (χ1n) is 10.2. The molecule has 1 heterocycles. The zero-order valence-corrected chi connectivity index (χ0v) is 25.6. The van der Waals surface area contributed by atoms with Crippen LogP contribution in [0.1, 0.15) is 16.7 Å². The molecule has 0 aliphatic carbocycles. The topological polar surface area (TPSA) is 75.7 Å². The summed E-state index contributed by atoms with van der Waals surface area (Å²) in [5, 5.41) is 2.26. The van der Waals surface area contributed by atoms with Gasteiger partial charge >= 0.3 is 6.03 Å². The number of halogens is 4. The van der Waals surface area contributed by atoms with Gasteiger partial charge in [0.25, 0.3) is 11.8 Å². The van der Waals surface area contributed by atoms with Crippen LogP contribution in [-0.4, -0.2) is 17.8 Å². The van der Waals surface area contributed by atoms with Gasteiger partial charge in [0.2, 0.25) is 0 Å². The lowest BCUT2D eigenvalue weighted by atomic mass is 10.1. The molecule has 10 heteroatoms. The Balaban J connectivity index is 1.61. The first-order valence-corrected chi connectivity index (χ1v) is 13.9. The first kappa shape index (κ1) is 26.3. The number of ether oxygens (including phenoxy) is 1. The van der Waals surface area contributed by atoms with Crippen LogP contribution in [0.4, 0.5) is 10.5 Å². The van der Waals surface area contributed by atoms with Crippen molar-refractivity contribution in [1.29, 1.82) is 0 Å². The number of anilines is 1. The number of carbonyl (C=O) groups is 3. The van der Waals surface area contributed by atoms with Crippen molar-refractivity contribution in [1.82, 2.24) is 5.32 Å². The predicted molar refractivity (Wildman–Crippen MR) is 158 cm³/mol. The Hall–Kier alpha value is -1.77. The molecule has 0 saturated carbocycles. The van der Waals surface area contributed by atoms with Crippen LogP contribution in [0.2, 0.25) is 0 Å². The molecule has 4 amide bonds. The molecule has 0 radical (unpaired) electrons. The van der Waals surface area contributed by atoms with E-state index in [0.717, 1.165) is 37.9 Å². The largest absolute Gasteiger partial charge is 0.487 e. The molecule has 0 bridgehead atoms. The zero-order chi connectivity index (χ0) is 25.3. The SMILES string of the molecule is Cc1cc(N2C(=O)NC(=O)/C(=C\c3cc(I)c(OCc4ccc(Br)cc4)c(I)c3)C2=O)ccc1Br. The molecule has 0 atom stereocenters. The molecule has 0 unspecified atom stereocenters. The summed E-state index contributed by atoms with van der Waals surface area (Å²) in [5.41, 5.74) is 2.79. The van der Waals surface area contributed by atoms with E-state index in [0.29, 0.717) is 17.9 Å². The molecule has 0 spiro atoms. The Morgan fingerprint density at radius 2 is 1.63 bits per heavy atom. The number of imide groups is 2. The number of barbiturate groups is 1. The highest BCUT2D eigenvalue weighted by Gasteiger charge is 2.37. The first-order chi connectivity index (χ1) is 16.6. The highest BCUT2D eigenvalue weighted by atomic mass is 127. The second kappa shape index (κ2) is 11.1. The average molecular weight is 822 g/mol. The molecule has 1 aliphatic heterocycles. The van der Waals surface area contributed by atoms with E-state index in [4.69, 9.17) is 4.74 Å². The summed E-state index contributed by atoms with van der Waals surface area (Å²) >= 11 is 11.2. The number of urea groups is 1. The second-order valence-corrected chi connectivity index (χ2v) is 11.7. The summed E-state index contributed by atoms with van der Waals surface area (Å²) in [7, 11) is 0. The third-order valence-corrected chi connectivity index (χ3v) is 8.15. The Labute approximate surface area is 246 Å². The molecule has 1 fully saturated rings. The second-order valence-electron chi connectivity index (χ2n) is 7.62. The van der Waals surface area contributed by atoms with Crippen LogP contribution in [0.3, 0.4) is 0 Å². The predicted octanol–water partition coefficient (Wildman–Crippen LogP) is 6.97. The number of benzene rings is 3. The summed E-state index contributed by atoms with van der Waals surface area (Å²) in [6.07, 6.45) is 1.49. The smallest absolute Gasteiger partial charge is 0.335 e. The van der Waals surface area contributed by atoms with Crippen LogP contribution >= 0.6 is 77.0 Å². The van der Waals surface area contributed by atoms with Gasteiger partial charge < -0.3 is 4.74 Å². The lowest BCUT2D eigenvalue weighted by Crippen LogP contribution is -2.54. The fraction of sp³-hybridized carbons (Fsp3) is 0.0800. The van der Waals surface area contributed by atoms with Gasteiger partial charge in [-0.25, -0.2) is 9.69 Å². The monoisotopic (exact) mass is 820 g/mol. The number of nitrogens with zero attached hydrogens (tertiary/aromatic N) is 1. The Kier molecular flexibility index (Phi) is 8.34. The Morgan fingerprint density at radius 1 is 0.971 bits per heavy atom. The molecule has 1 saturated heterocycles. The number of rotatable bonds is 5. The van der Waals surface area contributed by atoms with Gasteiger partial charge in [0.1, 0.15) is 17.9 Å². The number of carbonyl (C=O) groups excluding carboxylic acids is 3. The molecule has 1 N–H and O–H groups in total. The molecule has 35 heavy (non-hydrogen) atoms. The minimum absolute atomic E-state index is 0.125. The third-order valence-electron chi connectivity index (χ3n) is 5.13. The van der Waals surface area contributed by atoms with Crippen LogP contribution in [0.5, 0.6) is 5.75 Å². The summed E-state index contributed by atoms with van der Waals surface area (Å²) in [4.78, 5) is 39.2. The van der Waals surface area contributed by atoms with Gasteiger partial charge in [-0.05, 0) is 117 Å². The molecule has 1 aliphatic rings. The third kappa shape index (κ3) is 5.97. The molecule has 0 aromatic heterocycles. The van der Waals surface area contributed by atoms with Crippen molar-refractivity contribution < 1.29 is 19.1 Å². The molecule has 3 aromatic rings. The maximum absolute atomic E-state index is 13.2. The summed E-state index contributed by atoms with van der Waals surface area (Å²) in [6, 6.07) is 15.9. The van der Waals surface area contributed by atoms with Crippen molar-refractivity contribution in [2.24, 2.45) is 0 Å². The number of nitrogens with one attached hydrogen (secondary N) is 1. The zero-order valence-electron chi connectivity index (χ0n) is 18.1. The van der Waals surface area contributed by atoms with Crippen LogP contribution in [0.15, 0.2) is 69.1 Å². The molecule has 3 aromatic carbocycles. The van der Waals surface area contributed by atoms with E-state index in [2.05, 4.69) is 82.4 Å². The van der Waals surface area contributed by atoms with E-state index in [9.17, 15) is 14.4 Å².